The molecule has 3 rings (SSSR count). The van der Waals surface area contributed by atoms with E-state index < -0.39 is 0 Å². The number of amides is 1. The van der Waals surface area contributed by atoms with Crippen LogP contribution in [0, 0.1) is 6.92 Å². The number of aromatic nitrogens is 2. The lowest BCUT2D eigenvalue weighted by molar-refractivity contribution is -0.118. The molecule has 158 valence electrons. The SMILES string of the molecule is COCCCn1c(SCC(=O)NCc2ccc(C)cc2)nc2cc(Cl)ccc2c1=O. The molecule has 0 aliphatic heterocycles. The summed E-state index contributed by atoms with van der Waals surface area (Å²) in [6.07, 6.45) is 0.671. The number of fused-ring (bicyclic) bond motifs is 1. The zero-order chi connectivity index (χ0) is 21.5. The van der Waals surface area contributed by atoms with Crippen LogP contribution in [0.5, 0.6) is 0 Å². The predicted molar refractivity (Wildman–Crippen MR) is 121 cm³/mol. The van der Waals surface area contributed by atoms with Gasteiger partial charge in [-0.1, -0.05) is 53.2 Å². The summed E-state index contributed by atoms with van der Waals surface area (Å²) < 4.78 is 6.71. The van der Waals surface area contributed by atoms with Crippen LogP contribution in [0.25, 0.3) is 10.9 Å². The molecule has 0 aliphatic carbocycles. The topological polar surface area (TPSA) is 73.2 Å². The number of hydrogen-bond acceptors (Lipinski definition) is 5. The number of methoxy groups -OCH3 is 1. The van der Waals surface area contributed by atoms with Crippen LogP contribution in [0.15, 0.2) is 52.4 Å². The van der Waals surface area contributed by atoms with Crippen molar-refractivity contribution >= 4 is 40.2 Å². The van der Waals surface area contributed by atoms with Crippen LogP contribution in [0.3, 0.4) is 0 Å². The van der Waals surface area contributed by atoms with Crippen LogP contribution >= 0.6 is 23.4 Å². The Bertz CT molecular complexity index is 1080. The van der Waals surface area contributed by atoms with Crippen LogP contribution in [0.1, 0.15) is 17.5 Å². The Kier molecular flexibility index (Phi) is 7.90. The second-order valence-electron chi connectivity index (χ2n) is 6.91. The number of benzene rings is 2. The van der Waals surface area contributed by atoms with Crippen molar-refractivity contribution in [3.05, 3.63) is 69.0 Å². The minimum Gasteiger partial charge on any atom is -0.385 e. The molecule has 0 bridgehead atoms. The maximum atomic E-state index is 13.0. The number of aryl methyl sites for hydroxylation is 1. The van der Waals surface area contributed by atoms with Gasteiger partial charge in [0, 0.05) is 31.8 Å². The van der Waals surface area contributed by atoms with Crippen molar-refractivity contribution < 1.29 is 9.53 Å². The fourth-order valence-corrected chi connectivity index (χ4v) is 3.96. The second kappa shape index (κ2) is 10.6. The highest BCUT2D eigenvalue weighted by Gasteiger charge is 2.14. The van der Waals surface area contributed by atoms with Gasteiger partial charge in [-0.15, -0.1) is 0 Å². The third-order valence-electron chi connectivity index (χ3n) is 4.56. The summed E-state index contributed by atoms with van der Waals surface area (Å²) in [5.74, 6) is 0.0405. The highest BCUT2D eigenvalue weighted by atomic mass is 35.5. The molecule has 1 aromatic heterocycles. The summed E-state index contributed by atoms with van der Waals surface area (Å²) in [4.78, 5) is 29.9. The van der Waals surface area contributed by atoms with E-state index in [1.54, 1.807) is 29.9 Å². The van der Waals surface area contributed by atoms with Crippen LogP contribution in [-0.2, 0) is 22.6 Å². The summed E-state index contributed by atoms with van der Waals surface area (Å²) in [6.45, 7) is 3.48. The fourth-order valence-electron chi connectivity index (χ4n) is 2.94. The van der Waals surface area contributed by atoms with Crippen molar-refractivity contribution in [1.29, 1.82) is 0 Å². The van der Waals surface area contributed by atoms with Crippen LogP contribution in [0.2, 0.25) is 5.02 Å². The van der Waals surface area contributed by atoms with Crippen LogP contribution in [0.4, 0.5) is 0 Å². The Morgan fingerprint density at radius 3 is 2.73 bits per heavy atom. The molecule has 1 N–H and O–H groups in total. The van der Waals surface area contributed by atoms with Gasteiger partial charge in [-0.3, -0.25) is 14.2 Å². The molecule has 2 aromatic carbocycles. The van der Waals surface area contributed by atoms with Crippen molar-refractivity contribution in [2.45, 2.75) is 31.6 Å². The van der Waals surface area contributed by atoms with E-state index in [9.17, 15) is 9.59 Å². The first-order valence-electron chi connectivity index (χ1n) is 9.62. The molecule has 0 saturated heterocycles. The van der Waals surface area contributed by atoms with Crippen LogP contribution < -0.4 is 10.9 Å². The lowest BCUT2D eigenvalue weighted by Crippen LogP contribution is -2.27. The molecule has 8 heteroatoms. The maximum Gasteiger partial charge on any atom is 0.262 e. The molecule has 6 nitrogen and oxygen atoms in total. The second-order valence-corrected chi connectivity index (χ2v) is 8.29. The Balaban J connectivity index is 1.74. The van der Waals surface area contributed by atoms with E-state index in [0.717, 1.165) is 5.56 Å². The van der Waals surface area contributed by atoms with Gasteiger partial charge in [-0.05, 0) is 37.1 Å². The molecule has 0 saturated carbocycles. The minimum absolute atomic E-state index is 0.121. The monoisotopic (exact) mass is 445 g/mol. The largest absolute Gasteiger partial charge is 0.385 e. The van der Waals surface area contributed by atoms with E-state index in [1.165, 1.54) is 17.3 Å². The first-order chi connectivity index (χ1) is 14.5. The van der Waals surface area contributed by atoms with Gasteiger partial charge >= 0.3 is 0 Å². The highest BCUT2D eigenvalue weighted by molar-refractivity contribution is 7.99. The summed E-state index contributed by atoms with van der Waals surface area (Å²) >= 11 is 7.31. The van der Waals surface area contributed by atoms with Crippen molar-refractivity contribution in [3.8, 4) is 0 Å². The molecular formula is C22H24ClN3O3S. The van der Waals surface area contributed by atoms with E-state index in [-0.39, 0.29) is 17.2 Å². The van der Waals surface area contributed by atoms with Crippen molar-refractivity contribution in [1.82, 2.24) is 14.9 Å². The number of nitrogens with zero attached hydrogens (tertiary/aromatic N) is 2. The molecule has 0 spiro atoms. The molecule has 0 radical (unpaired) electrons. The van der Waals surface area contributed by atoms with Gasteiger partial charge in [0.05, 0.1) is 16.7 Å². The highest BCUT2D eigenvalue weighted by Crippen LogP contribution is 2.20. The third kappa shape index (κ3) is 5.84. The van der Waals surface area contributed by atoms with Crippen molar-refractivity contribution in [3.63, 3.8) is 0 Å². The average molecular weight is 446 g/mol. The normalized spacial score (nSPS) is 11.0. The number of thioether (sulfide) groups is 1. The molecule has 1 amide bonds. The number of ether oxygens (including phenoxy) is 1. The Morgan fingerprint density at radius 1 is 1.23 bits per heavy atom. The molecule has 30 heavy (non-hydrogen) atoms. The predicted octanol–water partition coefficient (Wildman–Crippen LogP) is 3.80. The van der Waals surface area contributed by atoms with Crippen molar-refractivity contribution in [2.75, 3.05) is 19.5 Å². The number of hydrogen-bond donors (Lipinski definition) is 1. The minimum atomic E-state index is -0.143. The number of carbonyl (C=O) groups is 1. The smallest absolute Gasteiger partial charge is 0.262 e. The van der Waals surface area contributed by atoms with E-state index in [0.29, 0.717) is 47.2 Å². The number of rotatable bonds is 9. The summed E-state index contributed by atoms with van der Waals surface area (Å²) in [5.41, 5.74) is 2.59. The zero-order valence-corrected chi connectivity index (χ0v) is 18.6. The molecule has 0 atom stereocenters. The fraction of sp³-hybridized carbons (Fsp3) is 0.318. The van der Waals surface area contributed by atoms with Gasteiger partial charge < -0.3 is 10.1 Å². The molecule has 1 heterocycles. The molecule has 0 unspecified atom stereocenters. The number of carbonyl (C=O) groups excluding carboxylic acids is 1. The molecule has 0 aliphatic rings. The zero-order valence-electron chi connectivity index (χ0n) is 17.0. The molecule has 3 aromatic rings. The van der Waals surface area contributed by atoms with Crippen molar-refractivity contribution in [2.24, 2.45) is 0 Å². The first kappa shape index (κ1) is 22.3. The maximum absolute atomic E-state index is 13.0. The van der Waals surface area contributed by atoms with E-state index >= 15 is 0 Å². The Labute approximate surface area is 184 Å². The molecule has 0 fully saturated rings. The van der Waals surface area contributed by atoms with Gasteiger partial charge in [0.25, 0.3) is 5.56 Å². The lowest BCUT2D eigenvalue weighted by Gasteiger charge is -2.13. The van der Waals surface area contributed by atoms with E-state index in [2.05, 4.69) is 10.3 Å². The lowest BCUT2D eigenvalue weighted by atomic mass is 10.1. The summed E-state index contributed by atoms with van der Waals surface area (Å²) in [5, 5.41) is 4.42. The Morgan fingerprint density at radius 2 is 2.00 bits per heavy atom. The number of nitrogens with one attached hydrogen (secondary N) is 1. The third-order valence-corrected chi connectivity index (χ3v) is 5.77. The van der Waals surface area contributed by atoms with Gasteiger partial charge in [0.15, 0.2) is 5.16 Å². The quantitative estimate of drug-likeness (QED) is 0.308. The van der Waals surface area contributed by atoms with Crippen LogP contribution in [-0.4, -0.2) is 34.9 Å². The van der Waals surface area contributed by atoms with Gasteiger partial charge in [0.1, 0.15) is 0 Å². The average Bonchev–Trinajstić information content (AvgIpc) is 2.73. The van der Waals surface area contributed by atoms with E-state index in [4.69, 9.17) is 16.3 Å². The van der Waals surface area contributed by atoms with Gasteiger partial charge in [-0.25, -0.2) is 4.98 Å². The Hall–Kier alpha value is -2.35. The first-order valence-corrected chi connectivity index (χ1v) is 11.0. The van der Waals surface area contributed by atoms with Gasteiger partial charge in [0.2, 0.25) is 5.91 Å². The van der Waals surface area contributed by atoms with Gasteiger partial charge in [-0.2, -0.15) is 0 Å². The molecular weight excluding hydrogens is 422 g/mol. The summed E-state index contributed by atoms with van der Waals surface area (Å²) in [6, 6.07) is 13.0. The van der Waals surface area contributed by atoms with E-state index in [1.807, 2.05) is 31.2 Å². The standard InChI is InChI=1S/C22H24ClN3O3S/c1-15-4-6-16(7-5-15)13-24-20(27)14-30-22-25-19-12-17(23)8-9-18(19)21(28)26(22)10-3-11-29-2/h4-9,12H,3,10-11,13-14H2,1-2H3,(H,24,27). The summed E-state index contributed by atoms with van der Waals surface area (Å²) in [7, 11) is 1.62. The number of halogens is 1.